The second-order valence-corrected chi connectivity index (χ2v) is 5.94. The van der Waals surface area contributed by atoms with Crippen molar-refractivity contribution in [3.05, 3.63) is 58.9 Å². The van der Waals surface area contributed by atoms with Crippen molar-refractivity contribution in [2.45, 2.75) is 6.61 Å². The van der Waals surface area contributed by atoms with Crippen LogP contribution in [0.1, 0.15) is 16.2 Å². The zero-order valence-electron chi connectivity index (χ0n) is 14.8. The van der Waals surface area contributed by atoms with Crippen LogP contribution in [0, 0.1) is 0 Å². The number of hydrogen-bond acceptors (Lipinski definition) is 8. The Morgan fingerprint density at radius 2 is 2.07 bits per heavy atom. The topological polar surface area (TPSA) is 101 Å². The van der Waals surface area contributed by atoms with E-state index in [2.05, 4.69) is 10.1 Å². The van der Waals surface area contributed by atoms with E-state index in [9.17, 15) is 9.59 Å². The molecule has 28 heavy (non-hydrogen) atoms. The molecule has 9 heteroatoms. The van der Waals surface area contributed by atoms with E-state index in [0.29, 0.717) is 39.8 Å². The molecule has 0 spiro atoms. The first kappa shape index (κ1) is 19.4. The summed E-state index contributed by atoms with van der Waals surface area (Å²) in [6.07, 6.45) is 0.683. The van der Waals surface area contributed by atoms with E-state index in [1.807, 2.05) is 0 Å². The van der Waals surface area contributed by atoms with Gasteiger partial charge in [-0.1, -0.05) is 28.9 Å². The molecule has 1 heterocycles. The minimum Gasteiger partial charge on any atom is -0.493 e. The minimum atomic E-state index is -0.635. The highest BCUT2D eigenvalue weighted by Crippen LogP contribution is 2.27. The smallest absolute Gasteiger partial charge is 0.344 e. The molecule has 0 radical (unpaired) electrons. The first-order valence-corrected chi connectivity index (χ1v) is 8.47. The standard InChI is InChI=1S/C19H15ClN2O6/c1-25-16-7-12(9-23)5-6-15(16)26-11-18(24)27-10-17-21-19(22-28-17)13-3-2-4-14(20)8-13/h2-9H,10-11H2,1H3. The van der Waals surface area contributed by atoms with Crippen LogP contribution in [0.3, 0.4) is 0 Å². The molecule has 0 fully saturated rings. The van der Waals surface area contributed by atoms with Crippen LogP contribution in [0.4, 0.5) is 0 Å². The highest BCUT2D eigenvalue weighted by molar-refractivity contribution is 6.30. The molecule has 3 aromatic rings. The van der Waals surface area contributed by atoms with Gasteiger partial charge in [-0.25, -0.2) is 4.79 Å². The summed E-state index contributed by atoms with van der Waals surface area (Å²) in [4.78, 5) is 26.8. The molecule has 0 aliphatic carbocycles. The van der Waals surface area contributed by atoms with Crippen molar-refractivity contribution < 1.29 is 28.3 Å². The quantitative estimate of drug-likeness (QED) is 0.417. The Morgan fingerprint density at radius 3 is 2.82 bits per heavy atom. The molecule has 144 valence electrons. The Balaban J connectivity index is 1.53. The molecule has 2 aromatic carbocycles. The summed E-state index contributed by atoms with van der Waals surface area (Å²) in [6.45, 7) is -0.553. The normalized spacial score (nSPS) is 10.4. The molecule has 0 N–H and O–H groups in total. The van der Waals surface area contributed by atoms with Crippen LogP contribution in [0.2, 0.25) is 5.02 Å². The lowest BCUT2D eigenvalue weighted by molar-refractivity contribution is -0.148. The number of esters is 1. The fourth-order valence-electron chi connectivity index (χ4n) is 2.26. The van der Waals surface area contributed by atoms with Crippen LogP contribution in [0.25, 0.3) is 11.4 Å². The largest absolute Gasteiger partial charge is 0.493 e. The third-order valence-electron chi connectivity index (χ3n) is 3.58. The van der Waals surface area contributed by atoms with Crippen molar-refractivity contribution in [3.63, 3.8) is 0 Å². The van der Waals surface area contributed by atoms with Crippen molar-refractivity contribution in [1.29, 1.82) is 0 Å². The van der Waals surface area contributed by atoms with Gasteiger partial charge in [-0.3, -0.25) is 4.79 Å². The molecule has 0 bridgehead atoms. The zero-order valence-corrected chi connectivity index (χ0v) is 15.5. The van der Waals surface area contributed by atoms with Gasteiger partial charge in [0.05, 0.1) is 7.11 Å². The number of halogens is 1. The average Bonchev–Trinajstić information content (AvgIpc) is 3.19. The fourth-order valence-corrected chi connectivity index (χ4v) is 2.45. The van der Waals surface area contributed by atoms with Gasteiger partial charge in [0.15, 0.2) is 24.7 Å². The van der Waals surface area contributed by atoms with Crippen LogP contribution in [-0.2, 0) is 16.1 Å². The van der Waals surface area contributed by atoms with Crippen molar-refractivity contribution in [2.24, 2.45) is 0 Å². The molecule has 0 amide bonds. The van der Waals surface area contributed by atoms with E-state index < -0.39 is 5.97 Å². The van der Waals surface area contributed by atoms with Gasteiger partial charge in [-0.2, -0.15) is 4.98 Å². The van der Waals surface area contributed by atoms with E-state index in [4.69, 9.17) is 30.3 Å². The predicted octanol–water partition coefficient (Wildman–Crippen LogP) is 3.33. The summed E-state index contributed by atoms with van der Waals surface area (Å²) in [5, 5.41) is 4.37. The summed E-state index contributed by atoms with van der Waals surface area (Å²) in [7, 11) is 1.43. The van der Waals surface area contributed by atoms with Gasteiger partial charge < -0.3 is 18.7 Å². The monoisotopic (exact) mass is 402 g/mol. The van der Waals surface area contributed by atoms with Gasteiger partial charge in [-0.15, -0.1) is 0 Å². The van der Waals surface area contributed by atoms with Gasteiger partial charge in [-0.05, 0) is 30.3 Å². The number of aldehydes is 1. The minimum absolute atomic E-state index is 0.135. The number of carbonyl (C=O) groups is 2. The van der Waals surface area contributed by atoms with Crippen molar-refractivity contribution in [1.82, 2.24) is 10.1 Å². The Hall–Kier alpha value is -3.39. The number of methoxy groups -OCH3 is 1. The highest BCUT2D eigenvalue weighted by Gasteiger charge is 2.13. The van der Waals surface area contributed by atoms with Crippen LogP contribution in [-0.4, -0.2) is 36.1 Å². The summed E-state index contributed by atoms with van der Waals surface area (Å²) in [5.41, 5.74) is 1.11. The molecular formula is C19H15ClN2O6. The highest BCUT2D eigenvalue weighted by atomic mass is 35.5. The van der Waals surface area contributed by atoms with Crippen molar-refractivity contribution in [3.8, 4) is 22.9 Å². The molecule has 0 saturated carbocycles. The molecule has 1 aromatic heterocycles. The van der Waals surface area contributed by atoms with Crippen LogP contribution >= 0.6 is 11.6 Å². The predicted molar refractivity (Wildman–Crippen MR) is 98.4 cm³/mol. The Bertz CT molecular complexity index is 988. The molecule has 0 unspecified atom stereocenters. The SMILES string of the molecule is COc1cc(C=O)ccc1OCC(=O)OCc1nc(-c2cccc(Cl)c2)no1. The maximum Gasteiger partial charge on any atom is 0.344 e. The number of rotatable bonds is 8. The molecule has 8 nitrogen and oxygen atoms in total. The molecule has 0 aliphatic heterocycles. The average molecular weight is 403 g/mol. The molecular weight excluding hydrogens is 388 g/mol. The molecule has 0 aliphatic rings. The summed E-state index contributed by atoms with van der Waals surface area (Å²) < 4.78 is 20.6. The van der Waals surface area contributed by atoms with E-state index in [0.717, 1.165) is 0 Å². The van der Waals surface area contributed by atoms with Crippen molar-refractivity contribution in [2.75, 3.05) is 13.7 Å². The van der Waals surface area contributed by atoms with Gasteiger partial charge in [0.1, 0.15) is 6.29 Å². The molecule has 3 rings (SSSR count). The van der Waals surface area contributed by atoms with Crippen molar-refractivity contribution >= 4 is 23.9 Å². The van der Waals surface area contributed by atoms with Crippen LogP contribution in [0.5, 0.6) is 11.5 Å². The van der Waals surface area contributed by atoms with Crippen LogP contribution < -0.4 is 9.47 Å². The number of carbonyl (C=O) groups excluding carboxylic acids is 2. The third-order valence-corrected chi connectivity index (χ3v) is 3.81. The van der Waals surface area contributed by atoms with E-state index in [1.54, 1.807) is 30.3 Å². The summed E-state index contributed by atoms with van der Waals surface area (Å²) in [5.74, 6) is 0.483. The van der Waals surface area contributed by atoms with E-state index in [1.165, 1.54) is 19.2 Å². The number of hydrogen-bond donors (Lipinski definition) is 0. The number of aromatic nitrogens is 2. The summed E-state index contributed by atoms with van der Waals surface area (Å²) in [6, 6.07) is 11.6. The van der Waals surface area contributed by atoms with Gasteiger partial charge in [0.2, 0.25) is 5.82 Å². The van der Waals surface area contributed by atoms with E-state index >= 15 is 0 Å². The Labute approximate surface area is 165 Å². The number of benzene rings is 2. The first-order valence-electron chi connectivity index (χ1n) is 8.09. The van der Waals surface area contributed by atoms with Gasteiger partial charge in [0.25, 0.3) is 5.89 Å². The first-order chi connectivity index (χ1) is 13.6. The maximum absolute atomic E-state index is 11.9. The molecule has 0 saturated heterocycles. The second-order valence-electron chi connectivity index (χ2n) is 5.50. The number of ether oxygens (including phenoxy) is 3. The third kappa shape index (κ3) is 4.86. The number of nitrogens with zero attached hydrogens (tertiary/aromatic N) is 2. The van der Waals surface area contributed by atoms with E-state index in [-0.39, 0.29) is 19.1 Å². The summed E-state index contributed by atoms with van der Waals surface area (Å²) >= 11 is 5.93. The van der Waals surface area contributed by atoms with Gasteiger partial charge in [0, 0.05) is 16.1 Å². The maximum atomic E-state index is 11.9. The second kappa shape index (κ2) is 9.01. The lowest BCUT2D eigenvalue weighted by atomic mass is 10.2. The fraction of sp³-hybridized carbons (Fsp3) is 0.158. The lowest BCUT2D eigenvalue weighted by Crippen LogP contribution is -2.15. The van der Waals surface area contributed by atoms with Gasteiger partial charge >= 0.3 is 5.97 Å². The molecule has 0 atom stereocenters. The zero-order chi connectivity index (χ0) is 19.9. The van der Waals surface area contributed by atoms with Crippen LogP contribution in [0.15, 0.2) is 47.0 Å². The lowest BCUT2D eigenvalue weighted by Gasteiger charge is -2.10. The Morgan fingerprint density at radius 1 is 1.21 bits per heavy atom. The Kier molecular flexibility index (Phi) is 6.23.